The number of hydrogen-bond acceptors (Lipinski definition) is 22. The third kappa shape index (κ3) is 38.2. The molecule has 1 aliphatic heterocycles. The Morgan fingerprint density at radius 3 is 1.43 bits per heavy atom. The van der Waals surface area contributed by atoms with E-state index in [9.17, 15) is 52.7 Å². The monoisotopic (exact) mass is 1460 g/mol. The number of rotatable bonds is 35. The van der Waals surface area contributed by atoms with Gasteiger partial charge >= 0.3 is 41.8 Å². The van der Waals surface area contributed by atoms with E-state index in [1.165, 1.54) is 7.11 Å². The lowest BCUT2D eigenvalue weighted by Gasteiger charge is -2.34. The van der Waals surface area contributed by atoms with Crippen LogP contribution in [0.15, 0.2) is 42.5 Å². The van der Waals surface area contributed by atoms with Gasteiger partial charge < -0.3 is 55.4 Å². The summed E-state index contributed by atoms with van der Waals surface area (Å²) < 4.78 is 32.9. The average molecular weight is 1460 g/mol. The summed E-state index contributed by atoms with van der Waals surface area (Å²) in [7, 11) is 1.19. The van der Waals surface area contributed by atoms with E-state index in [0.29, 0.717) is 136 Å². The third-order valence-electron chi connectivity index (χ3n) is 17.5. The molecule has 1 saturated carbocycles. The minimum atomic E-state index is -1.24. The van der Waals surface area contributed by atoms with Crippen molar-refractivity contribution in [3.05, 3.63) is 48.0 Å². The maximum absolute atomic E-state index is 14.2. The van der Waals surface area contributed by atoms with Gasteiger partial charge in [-0.3, -0.25) is 58.0 Å². The number of esters is 6. The summed E-state index contributed by atoms with van der Waals surface area (Å²) in [6.07, 6.45) is 6.33. The molecule has 6 N–H and O–H groups in total. The normalized spacial score (nSPS) is 17.8. The molecule has 0 spiro atoms. The number of ether oxygens (including phenoxy) is 6. The lowest BCUT2D eigenvalue weighted by atomic mass is 9.77. The van der Waals surface area contributed by atoms with Crippen molar-refractivity contribution in [3.63, 3.8) is 0 Å². The third-order valence-corrected chi connectivity index (χ3v) is 17.5. The van der Waals surface area contributed by atoms with Gasteiger partial charge in [0.2, 0.25) is 11.8 Å². The summed E-state index contributed by atoms with van der Waals surface area (Å²) in [5.74, 6) is -4.44. The van der Waals surface area contributed by atoms with E-state index in [0.717, 1.165) is 16.3 Å². The zero-order chi connectivity index (χ0) is 77.6. The molecule has 26 nitrogen and oxygen atoms in total. The first kappa shape index (κ1) is 89.3. The molecule has 26 heteroatoms. The van der Waals surface area contributed by atoms with Gasteiger partial charge in [-0.2, -0.15) is 0 Å². The highest BCUT2D eigenvalue weighted by Crippen LogP contribution is 2.32. The van der Waals surface area contributed by atoms with Gasteiger partial charge in [-0.05, 0) is 197 Å². The topological polar surface area (TPSA) is 330 Å². The maximum Gasteiger partial charge on any atom is 0.329 e. The van der Waals surface area contributed by atoms with Crippen LogP contribution in [0, 0.1) is 17.8 Å². The Kier molecular flexibility index (Phi) is 36.8. The maximum atomic E-state index is 14.2. The number of Topliss-reactive ketones (excluding diaryl/α,β-unsaturated/α-hetero) is 2. The fraction of sp³-hybridized carbons (Fsp3) is 0.731. The molecule has 1 heterocycles. The van der Waals surface area contributed by atoms with E-state index >= 15 is 0 Å². The van der Waals surface area contributed by atoms with E-state index in [1.807, 2.05) is 119 Å². The number of unbranched alkanes of at least 4 members (excludes halogenated alkanes) is 3. The Hall–Kier alpha value is -7.13. The van der Waals surface area contributed by atoms with Crippen molar-refractivity contribution in [1.29, 1.82) is 0 Å². The SMILES string of the molecule is COC(=O)C(CCCCNC(=O)C(CC(=O)C1CCC(CNC(=O)C(N)CCCCCC(=O)CN2CCN(CC(=O)OC(C)(C)C)CCN(CC(=O)OC(C)(C)C)CCN(CC(=O)OC(C)(C)C)CC2)CC1)Cc1ccc2ccccc2c1)NC(=O)NC(CCC(=O)OC(C)(C)C)C(=O)OC(C)(C)C. The van der Waals surface area contributed by atoms with Crippen LogP contribution in [0.3, 0.4) is 0 Å². The number of fused-ring (bicyclic) bond motifs is 1. The second-order valence-electron chi connectivity index (χ2n) is 33.0. The summed E-state index contributed by atoms with van der Waals surface area (Å²) >= 11 is 0. The molecule has 4 rings (SSSR count). The number of carbonyl (C=O) groups is 11. The van der Waals surface area contributed by atoms with Crippen LogP contribution in [0.5, 0.6) is 0 Å². The quantitative estimate of drug-likeness (QED) is 0.0248. The lowest BCUT2D eigenvalue weighted by Crippen LogP contribution is -2.52. The second-order valence-corrected chi connectivity index (χ2v) is 33.0. The highest BCUT2D eigenvalue weighted by Gasteiger charge is 2.34. The molecule has 2 aromatic carbocycles. The van der Waals surface area contributed by atoms with E-state index in [4.69, 9.17) is 34.2 Å². The van der Waals surface area contributed by atoms with Crippen LogP contribution in [0.2, 0.25) is 0 Å². The molecule has 0 aromatic heterocycles. The molecule has 4 atom stereocenters. The van der Waals surface area contributed by atoms with Crippen molar-refractivity contribution in [2.24, 2.45) is 23.5 Å². The Balaban J connectivity index is 1.27. The van der Waals surface area contributed by atoms with Gasteiger partial charge in [0, 0.05) is 96.5 Å². The van der Waals surface area contributed by atoms with Gasteiger partial charge in [0.1, 0.15) is 51.7 Å². The zero-order valence-electron chi connectivity index (χ0n) is 65.5. The fourth-order valence-electron chi connectivity index (χ4n) is 12.4. The van der Waals surface area contributed by atoms with Crippen molar-refractivity contribution in [2.75, 3.05) is 98.7 Å². The number of benzene rings is 2. The van der Waals surface area contributed by atoms with Crippen LogP contribution in [-0.4, -0.2) is 230 Å². The number of nitrogens with zero attached hydrogens (tertiary/aromatic N) is 4. The highest BCUT2D eigenvalue weighted by atomic mass is 16.6. The Labute approximate surface area is 618 Å². The van der Waals surface area contributed by atoms with Crippen LogP contribution >= 0.6 is 0 Å². The van der Waals surface area contributed by atoms with E-state index < -0.39 is 76.0 Å². The van der Waals surface area contributed by atoms with Crippen molar-refractivity contribution in [1.82, 2.24) is 40.9 Å². The molecule has 0 radical (unpaired) electrons. The number of carbonyl (C=O) groups excluding carboxylic acids is 11. The summed E-state index contributed by atoms with van der Waals surface area (Å²) in [6, 6.07) is 10.0. The molecule has 1 saturated heterocycles. The molecule has 4 unspecified atom stereocenters. The van der Waals surface area contributed by atoms with E-state index in [-0.39, 0.29) is 112 Å². The first-order valence-corrected chi connectivity index (χ1v) is 37.5. The Bertz CT molecular complexity index is 3070. The molecule has 104 heavy (non-hydrogen) atoms. The van der Waals surface area contributed by atoms with Crippen LogP contribution < -0.4 is 27.0 Å². The first-order valence-electron chi connectivity index (χ1n) is 37.5. The predicted molar refractivity (Wildman–Crippen MR) is 398 cm³/mol. The van der Waals surface area contributed by atoms with Gasteiger partial charge in [-0.15, -0.1) is 0 Å². The van der Waals surface area contributed by atoms with Gasteiger partial charge in [0.25, 0.3) is 0 Å². The molecule has 1 aliphatic carbocycles. The van der Waals surface area contributed by atoms with Crippen molar-refractivity contribution < 1.29 is 81.2 Å². The fourth-order valence-corrected chi connectivity index (χ4v) is 12.4. The highest BCUT2D eigenvalue weighted by molar-refractivity contribution is 5.90. The van der Waals surface area contributed by atoms with Crippen molar-refractivity contribution >= 4 is 76.0 Å². The number of ketones is 2. The van der Waals surface area contributed by atoms with Crippen LogP contribution in [0.4, 0.5) is 4.79 Å². The Morgan fingerprint density at radius 2 is 0.942 bits per heavy atom. The number of hydrogen-bond donors (Lipinski definition) is 5. The molecular formula is C78H127N9O17. The van der Waals surface area contributed by atoms with Gasteiger partial charge in [-0.25, -0.2) is 14.4 Å². The molecule has 2 fully saturated rings. The largest absolute Gasteiger partial charge is 0.467 e. The van der Waals surface area contributed by atoms with Crippen molar-refractivity contribution in [3.8, 4) is 0 Å². The number of methoxy groups -OCH3 is 1. The van der Waals surface area contributed by atoms with Crippen molar-refractivity contribution in [2.45, 2.75) is 253 Å². The van der Waals surface area contributed by atoms with E-state index in [2.05, 4.69) is 26.2 Å². The van der Waals surface area contributed by atoms with E-state index in [1.54, 1.807) is 41.5 Å². The van der Waals surface area contributed by atoms with Crippen LogP contribution in [0.1, 0.15) is 206 Å². The molecule has 0 bridgehead atoms. The summed E-state index contributed by atoms with van der Waals surface area (Å²) in [4.78, 5) is 155. The minimum absolute atomic E-state index is 0.00838. The summed E-state index contributed by atoms with van der Waals surface area (Å²) in [5, 5.41) is 13.3. The summed E-state index contributed by atoms with van der Waals surface area (Å²) in [6.45, 7) is 30.9. The standard InChI is InChI=1S/C78H127N9O17/c1-74(2,3)100-65(90)36-35-63(72(97)104-78(13,14)15)83-73(98)82-62(71(96)99-16)28-22-23-37-80-69(94)59(47-55-31-32-56-24-20-21-25-58(56)46-55)48-64(89)57-33-29-54(30-34-57)49-81-70(95)61(79)27-19-17-18-26-60(88)50-84-38-40-85(51-66(91)101-75(4,5)6)42-44-87(53-68(93)103-77(10,11)12)45-43-86(41-39-84)52-67(92)102-76(7,8)9/h20-21,24-25,31-32,46,54,57,59,61-63H,17-19,22-23,26-30,33-45,47-53,79H2,1-16H3,(H,80,94)(H,81,95)(H2,82,83,98). The van der Waals surface area contributed by atoms with Gasteiger partial charge in [0.05, 0.1) is 39.3 Å². The number of urea groups is 1. The molecule has 586 valence electrons. The Morgan fingerprint density at radius 1 is 0.481 bits per heavy atom. The smallest absolute Gasteiger partial charge is 0.329 e. The number of amides is 4. The second kappa shape index (κ2) is 42.9. The molecule has 2 aromatic rings. The van der Waals surface area contributed by atoms with Gasteiger partial charge in [-0.1, -0.05) is 55.3 Å². The van der Waals surface area contributed by atoms with Crippen LogP contribution in [0.25, 0.3) is 10.8 Å². The predicted octanol–water partition coefficient (Wildman–Crippen LogP) is 7.93. The molecular weight excluding hydrogens is 1330 g/mol. The molecule has 4 amide bonds. The minimum Gasteiger partial charge on any atom is -0.467 e. The first-order chi connectivity index (χ1) is 48.5. The lowest BCUT2D eigenvalue weighted by molar-refractivity contribution is -0.159. The van der Waals surface area contributed by atoms with Gasteiger partial charge in [0.15, 0.2) is 0 Å². The number of nitrogens with two attached hydrogens (primary N) is 1. The number of nitrogens with one attached hydrogen (secondary N) is 4. The zero-order valence-corrected chi connectivity index (χ0v) is 65.5. The molecule has 2 aliphatic rings. The summed E-state index contributed by atoms with van der Waals surface area (Å²) in [5.41, 5.74) is 3.63. The van der Waals surface area contributed by atoms with Crippen LogP contribution in [-0.2, 0) is 82.8 Å². The average Bonchev–Trinajstić information content (AvgIpc) is 0.846.